The van der Waals surface area contributed by atoms with E-state index in [1.807, 2.05) is 42.5 Å². The van der Waals surface area contributed by atoms with Crippen molar-refractivity contribution >= 4 is 23.4 Å². The van der Waals surface area contributed by atoms with Gasteiger partial charge in [-0.3, -0.25) is 19.4 Å². The summed E-state index contributed by atoms with van der Waals surface area (Å²) in [5, 5.41) is 5.10. The van der Waals surface area contributed by atoms with Crippen LogP contribution in [0.2, 0.25) is 0 Å². The van der Waals surface area contributed by atoms with Crippen LogP contribution in [0.4, 0.5) is 5.69 Å². The van der Waals surface area contributed by atoms with Crippen molar-refractivity contribution in [1.82, 2.24) is 15.6 Å². The molecule has 1 aromatic heterocycles. The Kier molecular flexibility index (Phi) is 5.52. The molecule has 7 nitrogen and oxygen atoms in total. The lowest BCUT2D eigenvalue weighted by Crippen LogP contribution is -2.44. The number of aromatic nitrogens is 1. The molecule has 0 saturated carbocycles. The van der Waals surface area contributed by atoms with Crippen molar-refractivity contribution in [3.05, 3.63) is 95.8 Å². The van der Waals surface area contributed by atoms with Gasteiger partial charge in [0.05, 0.1) is 18.8 Å². The van der Waals surface area contributed by atoms with Crippen LogP contribution in [0.3, 0.4) is 0 Å². The van der Waals surface area contributed by atoms with Crippen LogP contribution in [0.25, 0.3) is 0 Å². The molecular formula is C23H20N4O3. The SMILES string of the molecule is O=C(NCc1ccccn1)C(=O)NC1C(=O)N(Cc2ccccc2)c2ccccc21. The topological polar surface area (TPSA) is 91.4 Å². The predicted octanol–water partition coefficient (Wildman–Crippen LogP) is 2.10. The largest absolute Gasteiger partial charge is 0.342 e. The molecule has 1 aliphatic heterocycles. The fourth-order valence-corrected chi connectivity index (χ4v) is 3.40. The Morgan fingerprint density at radius 2 is 1.63 bits per heavy atom. The van der Waals surface area contributed by atoms with Crippen molar-refractivity contribution in [2.45, 2.75) is 19.1 Å². The first-order chi connectivity index (χ1) is 14.6. The minimum absolute atomic E-state index is 0.127. The highest BCUT2D eigenvalue weighted by molar-refractivity contribution is 6.35. The number of hydrogen-bond donors (Lipinski definition) is 2. The maximum absolute atomic E-state index is 13.1. The van der Waals surface area contributed by atoms with Crippen molar-refractivity contribution < 1.29 is 14.4 Å². The lowest BCUT2D eigenvalue weighted by atomic mass is 10.1. The van der Waals surface area contributed by atoms with Gasteiger partial charge in [-0.1, -0.05) is 54.6 Å². The Morgan fingerprint density at radius 3 is 2.40 bits per heavy atom. The summed E-state index contributed by atoms with van der Waals surface area (Å²) in [4.78, 5) is 43.4. The molecule has 0 fully saturated rings. The Balaban J connectivity index is 1.46. The van der Waals surface area contributed by atoms with Crippen LogP contribution in [0.1, 0.15) is 22.9 Å². The molecule has 30 heavy (non-hydrogen) atoms. The van der Waals surface area contributed by atoms with Gasteiger partial charge in [0.2, 0.25) is 0 Å². The Morgan fingerprint density at radius 1 is 0.900 bits per heavy atom. The molecule has 1 atom stereocenters. The molecule has 150 valence electrons. The second-order valence-electron chi connectivity index (χ2n) is 6.88. The predicted molar refractivity (Wildman–Crippen MR) is 111 cm³/mol. The highest BCUT2D eigenvalue weighted by Gasteiger charge is 2.38. The quantitative estimate of drug-likeness (QED) is 0.642. The van der Waals surface area contributed by atoms with Crippen molar-refractivity contribution in [3.63, 3.8) is 0 Å². The number of hydrogen-bond acceptors (Lipinski definition) is 4. The van der Waals surface area contributed by atoms with E-state index in [-0.39, 0.29) is 12.5 Å². The van der Waals surface area contributed by atoms with Crippen molar-refractivity contribution in [1.29, 1.82) is 0 Å². The number of amides is 3. The normalized spacial score (nSPS) is 14.9. The minimum atomic E-state index is -0.905. The van der Waals surface area contributed by atoms with Crippen LogP contribution in [0.5, 0.6) is 0 Å². The third-order valence-corrected chi connectivity index (χ3v) is 4.87. The van der Waals surface area contributed by atoms with Gasteiger partial charge in [0.1, 0.15) is 6.04 Å². The van der Waals surface area contributed by atoms with E-state index < -0.39 is 17.9 Å². The molecule has 7 heteroatoms. The van der Waals surface area contributed by atoms with Gasteiger partial charge in [-0.05, 0) is 23.8 Å². The molecule has 0 spiro atoms. The van der Waals surface area contributed by atoms with Crippen molar-refractivity contribution in [2.75, 3.05) is 4.90 Å². The summed E-state index contributed by atoms with van der Waals surface area (Å²) in [6, 6.07) is 21.3. The third kappa shape index (κ3) is 4.05. The van der Waals surface area contributed by atoms with Gasteiger partial charge in [0.15, 0.2) is 0 Å². The maximum atomic E-state index is 13.1. The zero-order valence-corrected chi connectivity index (χ0v) is 16.1. The fourth-order valence-electron chi connectivity index (χ4n) is 3.40. The van der Waals surface area contributed by atoms with Crippen molar-refractivity contribution in [3.8, 4) is 0 Å². The summed E-state index contributed by atoms with van der Waals surface area (Å²) in [7, 11) is 0. The Labute approximate surface area is 173 Å². The molecule has 3 aromatic rings. The summed E-state index contributed by atoms with van der Waals surface area (Å²) < 4.78 is 0. The van der Waals surface area contributed by atoms with E-state index in [1.54, 1.807) is 41.4 Å². The first-order valence-corrected chi connectivity index (χ1v) is 9.56. The molecule has 0 aliphatic carbocycles. The average molecular weight is 400 g/mol. The number of benzene rings is 2. The summed E-state index contributed by atoms with van der Waals surface area (Å²) in [6.07, 6.45) is 1.61. The molecule has 2 heterocycles. The fraction of sp³-hybridized carbons (Fsp3) is 0.130. The summed E-state index contributed by atoms with van der Waals surface area (Å²) in [5.74, 6) is -1.95. The highest BCUT2D eigenvalue weighted by Crippen LogP contribution is 2.36. The van der Waals surface area contributed by atoms with Crippen LogP contribution in [0.15, 0.2) is 79.0 Å². The molecular weight excluding hydrogens is 380 g/mol. The monoisotopic (exact) mass is 400 g/mol. The number of nitrogens with one attached hydrogen (secondary N) is 2. The van der Waals surface area contributed by atoms with E-state index in [4.69, 9.17) is 0 Å². The lowest BCUT2D eigenvalue weighted by molar-refractivity contribution is -0.140. The molecule has 0 radical (unpaired) electrons. The van der Waals surface area contributed by atoms with Crippen LogP contribution in [0, 0.1) is 0 Å². The van der Waals surface area contributed by atoms with E-state index >= 15 is 0 Å². The number of rotatable bonds is 5. The summed E-state index contributed by atoms with van der Waals surface area (Å²) in [5.41, 5.74) is 3.01. The molecule has 0 saturated heterocycles. The smallest absolute Gasteiger partial charge is 0.310 e. The number of anilines is 1. The zero-order valence-electron chi connectivity index (χ0n) is 16.1. The molecule has 4 rings (SSSR count). The van der Waals surface area contributed by atoms with Gasteiger partial charge in [-0.15, -0.1) is 0 Å². The van der Waals surface area contributed by atoms with Gasteiger partial charge < -0.3 is 15.5 Å². The van der Waals surface area contributed by atoms with E-state index in [0.29, 0.717) is 17.8 Å². The van der Waals surface area contributed by atoms with Gasteiger partial charge in [0, 0.05) is 17.4 Å². The molecule has 2 N–H and O–H groups in total. The minimum Gasteiger partial charge on any atom is -0.342 e. The van der Waals surface area contributed by atoms with E-state index in [2.05, 4.69) is 15.6 Å². The van der Waals surface area contributed by atoms with Crippen molar-refractivity contribution in [2.24, 2.45) is 0 Å². The standard InChI is InChI=1S/C23H20N4O3/c28-21(25-14-17-10-6-7-13-24-17)22(29)26-20-18-11-4-5-12-19(18)27(23(20)30)15-16-8-2-1-3-9-16/h1-13,20H,14-15H2,(H,25,28)(H,26,29). The molecule has 1 unspecified atom stereocenters. The average Bonchev–Trinajstić information content (AvgIpc) is 3.05. The summed E-state index contributed by atoms with van der Waals surface area (Å²) >= 11 is 0. The highest BCUT2D eigenvalue weighted by atomic mass is 16.2. The Bertz CT molecular complexity index is 1070. The maximum Gasteiger partial charge on any atom is 0.310 e. The molecule has 0 bridgehead atoms. The van der Waals surface area contributed by atoms with Crippen LogP contribution in [-0.2, 0) is 27.5 Å². The number of nitrogens with zero attached hydrogens (tertiary/aromatic N) is 2. The number of pyridine rings is 1. The van der Waals surface area contributed by atoms with Crippen LogP contribution >= 0.6 is 0 Å². The third-order valence-electron chi connectivity index (χ3n) is 4.87. The zero-order chi connectivity index (χ0) is 20.9. The molecule has 3 amide bonds. The van der Waals surface area contributed by atoms with Crippen LogP contribution < -0.4 is 15.5 Å². The van der Waals surface area contributed by atoms with Crippen LogP contribution in [-0.4, -0.2) is 22.7 Å². The first kappa shape index (κ1) is 19.3. The van der Waals surface area contributed by atoms with E-state index in [9.17, 15) is 14.4 Å². The van der Waals surface area contributed by atoms with E-state index in [0.717, 1.165) is 11.3 Å². The number of carbonyl (C=O) groups is 3. The van der Waals surface area contributed by atoms with Gasteiger partial charge >= 0.3 is 11.8 Å². The van der Waals surface area contributed by atoms with Gasteiger partial charge in [-0.2, -0.15) is 0 Å². The summed E-state index contributed by atoms with van der Waals surface area (Å²) in [6.45, 7) is 0.511. The molecule has 1 aliphatic rings. The van der Waals surface area contributed by atoms with Gasteiger partial charge in [-0.25, -0.2) is 0 Å². The second kappa shape index (κ2) is 8.57. The Hall–Kier alpha value is -4.00. The second-order valence-corrected chi connectivity index (χ2v) is 6.88. The van der Waals surface area contributed by atoms with Gasteiger partial charge in [0.25, 0.3) is 5.91 Å². The number of para-hydroxylation sites is 1. The molecule has 2 aromatic carbocycles. The van der Waals surface area contributed by atoms with E-state index in [1.165, 1.54) is 0 Å². The first-order valence-electron chi connectivity index (χ1n) is 9.56. The number of fused-ring (bicyclic) bond motifs is 1. The number of carbonyl (C=O) groups excluding carboxylic acids is 3. The lowest BCUT2D eigenvalue weighted by Gasteiger charge is -2.18.